The van der Waals surface area contributed by atoms with E-state index in [0.717, 1.165) is 30.8 Å². The van der Waals surface area contributed by atoms with Gasteiger partial charge in [0.1, 0.15) is 5.75 Å². The second-order valence-electron chi connectivity index (χ2n) is 7.92. The molecule has 0 spiro atoms. The van der Waals surface area contributed by atoms with Crippen LogP contribution in [0.2, 0.25) is 0 Å². The number of rotatable bonds is 5. The number of fused-ring (bicyclic) bond motifs is 3. The first-order valence-electron chi connectivity index (χ1n) is 10.0. The summed E-state index contributed by atoms with van der Waals surface area (Å²) in [5.41, 5.74) is 1.32. The average Bonchev–Trinajstić information content (AvgIpc) is 3.12. The number of ether oxygens (including phenoxy) is 1. The molecule has 8 heteroatoms. The first-order chi connectivity index (χ1) is 13.9. The molecule has 0 saturated carbocycles. The molecule has 3 heterocycles. The van der Waals surface area contributed by atoms with E-state index in [1.807, 2.05) is 28.8 Å². The lowest BCUT2D eigenvalue weighted by molar-refractivity contribution is 0.415. The van der Waals surface area contributed by atoms with E-state index < -0.39 is 0 Å². The molecule has 0 atom stereocenters. The van der Waals surface area contributed by atoms with Crippen LogP contribution in [0.25, 0.3) is 11.2 Å². The average molecular weight is 397 g/mol. The minimum absolute atomic E-state index is 0.255. The molecule has 29 heavy (non-hydrogen) atoms. The largest absolute Gasteiger partial charge is 0.497 e. The Morgan fingerprint density at radius 2 is 2.00 bits per heavy atom. The molecule has 3 aromatic rings. The lowest BCUT2D eigenvalue weighted by Gasteiger charge is -2.29. The van der Waals surface area contributed by atoms with Gasteiger partial charge in [0.05, 0.1) is 7.11 Å². The number of methoxy groups -OCH3 is 1. The summed E-state index contributed by atoms with van der Waals surface area (Å²) < 4.78 is 10.1. The molecule has 1 aliphatic heterocycles. The number of aryl methyl sites for hydroxylation is 2. The highest BCUT2D eigenvalue weighted by Crippen LogP contribution is 2.32. The van der Waals surface area contributed by atoms with E-state index in [2.05, 4.69) is 18.7 Å². The van der Waals surface area contributed by atoms with Gasteiger partial charge in [-0.25, -0.2) is 4.79 Å². The van der Waals surface area contributed by atoms with Gasteiger partial charge in [-0.3, -0.25) is 13.9 Å². The van der Waals surface area contributed by atoms with Gasteiger partial charge in [-0.15, -0.1) is 0 Å². The van der Waals surface area contributed by atoms with E-state index >= 15 is 0 Å². The molecule has 0 unspecified atom stereocenters. The molecule has 1 aromatic carbocycles. The van der Waals surface area contributed by atoms with Crippen LogP contribution in [0.15, 0.2) is 33.9 Å². The van der Waals surface area contributed by atoms with Crippen molar-refractivity contribution in [1.29, 1.82) is 0 Å². The lowest BCUT2D eigenvalue weighted by Crippen LogP contribution is -2.40. The summed E-state index contributed by atoms with van der Waals surface area (Å²) in [5.74, 6) is 1.86. The van der Waals surface area contributed by atoms with Crippen LogP contribution in [0.5, 0.6) is 5.75 Å². The van der Waals surface area contributed by atoms with E-state index in [0.29, 0.717) is 36.1 Å². The topological polar surface area (TPSA) is 74.3 Å². The van der Waals surface area contributed by atoms with E-state index in [9.17, 15) is 9.59 Å². The first-order valence-corrected chi connectivity index (χ1v) is 10.0. The lowest BCUT2D eigenvalue weighted by atomic mass is 10.1. The van der Waals surface area contributed by atoms with Crippen molar-refractivity contribution < 1.29 is 4.74 Å². The van der Waals surface area contributed by atoms with Crippen LogP contribution in [-0.2, 0) is 20.1 Å². The maximum absolute atomic E-state index is 13.2. The monoisotopic (exact) mass is 397 g/mol. The third-order valence-electron chi connectivity index (χ3n) is 5.51. The van der Waals surface area contributed by atoms with Crippen molar-refractivity contribution in [2.24, 2.45) is 13.0 Å². The molecule has 0 N–H and O–H groups in total. The third-order valence-corrected chi connectivity index (χ3v) is 5.51. The molecular weight excluding hydrogens is 370 g/mol. The molecule has 4 rings (SSSR count). The zero-order valence-corrected chi connectivity index (χ0v) is 17.4. The second kappa shape index (κ2) is 7.42. The number of benzene rings is 1. The summed E-state index contributed by atoms with van der Waals surface area (Å²) in [4.78, 5) is 32.9. The van der Waals surface area contributed by atoms with Gasteiger partial charge in [0, 0.05) is 38.4 Å². The highest BCUT2D eigenvalue weighted by molar-refractivity contribution is 5.77. The van der Waals surface area contributed by atoms with Crippen LogP contribution < -0.4 is 20.9 Å². The molecule has 0 radical (unpaired) electrons. The summed E-state index contributed by atoms with van der Waals surface area (Å²) in [6, 6.07) is 7.78. The van der Waals surface area contributed by atoms with Gasteiger partial charge in [-0.05, 0) is 30.9 Å². The smallest absolute Gasteiger partial charge is 0.332 e. The van der Waals surface area contributed by atoms with Crippen LogP contribution in [0.1, 0.15) is 26.7 Å². The number of aromatic nitrogens is 4. The van der Waals surface area contributed by atoms with Gasteiger partial charge in [0.25, 0.3) is 5.56 Å². The Morgan fingerprint density at radius 3 is 2.72 bits per heavy atom. The van der Waals surface area contributed by atoms with Gasteiger partial charge < -0.3 is 14.2 Å². The second-order valence-corrected chi connectivity index (χ2v) is 7.92. The Bertz CT molecular complexity index is 1170. The molecule has 0 fully saturated rings. The number of imidazole rings is 1. The van der Waals surface area contributed by atoms with Crippen molar-refractivity contribution in [3.8, 4) is 5.75 Å². The fourth-order valence-corrected chi connectivity index (χ4v) is 3.87. The van der Waals surface area contributed by atoms with Gasteiger partial charge >= 0.3 is 5.69 Å². The van der Waals surface area contributed by atoms with E-state index in [-0.39, 0.29) is 11.2 Å². The van der Waals surface area contributed by atoms with Crippen molar-refractivity contribution in [3.63, 3.8) is 0 Å². The molecule has 0 aliphatic carbocycles. The minimum atomic E-state index is -0.313. The predicted octanol–water partition coefficient (Wildman–Crippen LogP) is 2.49. The Morgan fingerprint density at radius 1 is 1.21 bits per heavy atom. The van der Waals surface area contributed by atoms with Crippen molar-refractivity contribution in [3.05, 3.63) is 45.1 Å². The molecule has 0 bridgehead atoms. The molecule has 154 valence electrons. The van der Waals surface area contributed by atoms with Crippen LogP contribution >= 0.6 is 0 Å². The molecule has 2 aromatic heterocycles. The van der Waals surface area contributed by atoms with Gasteiger partial charge in [0.2, 0.25) is 5.95 Å². The van der Waals surface area contributed by atoms with Crippen molar-refractivity contribution in [2.45, 2.75) is 39.8 Å². The third kappa shape index (κ3) is 3.22. The molecular formula is C21H27N5O3. The number of anilines is 2. The molecule has 1 aliphatic rings. The highest BCUT2D eigenvalue weighted by Gasteiger charge is 2.27. The van der Waals surface area contributed by atoms with Crippen LogP contribution in [0, 0.1) is 5.92 Å². The Labute approximate surface area is 169 Å². The Balaban J connectivity index is 1.90. The number of nitrogens with zero attached hydrogens (tertiary/aromatic N) is 5. The first kappa shape index (κ1) is 19.3. The minimum Gasteiger partial charge on any atom is -0.497 e. The fourth-order valence-electron chi connectivity index (χ4n) is 3.87. The Hall–Kier alpha value is -3.03. The maximum atomic E-state index is 13.2. The zero-order chi connectivity index (χ0) is 20.7. The standard InChI is InChI=1S/C21H27N5O3/c1-14(2)9-12-26-19(27)17-18(23(3)21(26)28)22-20-24(10-6-11-25(17)20)15-7-5-8-16(13-15)29-4/h5,7-8,13-14H,6,9-12H2,1-4H3. The van der Waals surface area contributed by atoms with E-state index in [1.54, 1.807) is 14.2 Å². The van der Waals surface area contributed by atoms with Crippen LogP contribution in [0.4, 0.5) is 11.6 Å². The summed E-state index contributed by atoms with van der Waals surface area (Å²) in [6.07, 6.45) is 1.65. The van der Waals surface area contributed by atoms with Gasteiger partial charge in [-0.2, -0.15) is 4.98 Å². The highest BCUT2D eigenvalue weighted by atomic mass is 16.5. The quantitative estimate of drug-likeness (QED) is 0.661. The van der Waals surface area contributed by atoms with Crippen LogP contribution in [0.3, 0.4) is 0 Å². The van der Waals surface area contributed by atoms with Crippen LogP contribution in [-0.4, -0.2) is 32.3 Å². The zero-order valence-electron chi connectivity index (χ0n) is 17.4. The summed E-state index contributed by atoms with van der Waals surface area (Å²) in [7, 11) is 3.32. The van der Waals surface area contributed by atoms with Crippen molar-refractivity contribution in [2.75, 3.05) is 18.6 Å². The van der Waals surface area contributed by atoms with E-state index in [1.165, 1.54) is 9.13 Å². The number of hydrogen-bond donors (Lipinski definition) is 0. The Kier molecular flexibility index (Phi) is 4.94. The normalized spacial score (nSPS) is 13.9. The summed E-state index contributed by atoms with van der Waals surface area (Å²) in [6.45, 7) is 6.07. The molecule has 0 saturated heterocycles. The molecule has 8 nitrogen and oxygen atoms in total. The van der Waals surface area contributed by atoms with Crippen molar-refractivity contribution in [1.82, 2.24) is 18.7 Å². The summed E-state index contributed by atoms with van der Waals surface area (Å²) >= 11 is 0. The van der Waals surface area contributed by atoms with Gasteiger partial charge in [-0.1, -0.05) is 19.9 Å². The predicted molar refractivity (Wildman–Crippen MR) is 113 cm³/mol. The SMILES string of the molecule is COc1cccc(N2CCCn3c2nc2c3c(=O)n(CCC(C)C)c(=O)n2C)c1. The molecule has 0 amide bonds. The summed E-state index contributed by atoms with van der Waals surface area (Å²) in [5, 5.41) is 0. The number of hydrogen-bond acceptors (Lipinski definition) is 5. The van der Waals surface area contributed by atoms with E-state index in [4.69, 9.17) is 9.72 Å². The maximum Gasteiger partial charge on any atom is 0.332 e. The van der Waals surface area contributed by atoms with Gasteiger partial charge in [0.15, 0.2) is 11.2 Å². The fraction of sp³-hybridized carbons (Fsp3) is 0.476. The van der Waals surface area contributed by atoms with Crippen molar-refractivity contribution >= 4 is 22.8 Å².